The van der Waals surface area contributed by atoms with Gasteiger partial charge in [-0.2, -0.15) is 0 Å². The number of hydrogen-bond acceptors (Lipinski definition) is 7. The molecular formula is C21H22N4O4. The second-order valence-electron chi connectivity index (χ2n) is 6.80. The highest BCUT2D eigenvalue weighted by molar-refractivity contribution is 5.97. The molecule has 0 aliphatic heterocycles. The van der Waals surface area contributed by atoms with E-state index in [2.05, 4.69) is 15.6 Å². The van der Waals surface area contributed by atoms with Crippen LogP contribution in [0.4, 0.5) is 17.1 Å². The lowest BCUT2D eigenvalue weighted by Crippen LogP contribution is -2.37. The highest BCUT2D eigenvalue weighted by Crippen LogP contribution is 2.32. The van der Waals surface area contributed by atoms with E-state index in [4.69, 9.17) is 0 Å². The summed E-state index contributed by atoms with van der Waals surface area (Å²) >= 11 is 0. The quantitative estimate of drug-likeness (QED) is 0.528. The number of amides is 1. The molecule has 1 heterocycles. The average molecular weight is 394 g/mol. The highest BCUT2D eigenvalue weighted by Gasteiger charge is 2.25. The molecule has 0 spiro atoms. The molecule has 3 rings (SSSR count). The Bertz CT molecular complexity index is 1100. The van der Waals surface area contributed by atoms with Gasteiger partial charge in [-0.3, -0.25) is 14.4 Å². The van der Waals surface area contributed by atoms with Crippen molar-refractivity contribution in [1.82, 2.24) is 9.88 Å². The first kappa shape index (κ1) is 20.1. The molecule has 0 fully saturated rings. The minimum atomic E-state index is -0.688. The molecule has 150 valence electrons. The molecule has 3 N–H and O–H groups in total. The maximum absolute atomic E-state index is 12.1. The third kappa shape index (κ3) is 3.82. The van der Waals surface area contributed by atoms with Crippen molar-refractivity contribution in [2.75, 3.05) is 24.7 Å². The SMILES string of the molecule is CCC(Nc1c(Nc2ccnc(C(=O)N(C)C)c2O)c(=O)c1=O)c1ccccc1. The van der Waals surface area contributed by atoms with E-state index >= 15 is 0 Å². The molecule has 3 aromatic rings. The minimum Gasteiger partial charge on any atom is -0.504 e. The molecule has 1 amide bonds. The van der Waals surface area contributed by atoms with Crippen LogP contribution in [0.5, 0.6) is 5.75 Å². The van der Waals surface area contributed by atoms with Crippen LogP contribution in [0.15, 0.2) is 52.2 Å². The third-order valence-corrected chi connectivity index (χ3v) is 4.63. The van der Waals surface area contributed by atoms with Gasteiger partial charge in [-0.05, 0) is 18.1 Å². The van der Waals surface area contributed by atoms with E-state index < -0.39 is 16.8 Å². The van der Waals surface area contributed by atoms with Crippen LogP contribution in [-0.2, 0) is 0 Å². The van der Waals surface area contributed by atoms with Gasteiger partial charge in [0.25, 0.3) is 16.8 Å². The van der Waals surface area contributed by atoms with Crippen molar-refractivity contribution in [2.24, 2.45) is 0 Å². The van der Waals surface area contributed by atoms with Crippen LogP contribution in [0.2, 0.25) is 0 Å². The van der Waals surface area contributed by atoms with E-state index in [-0.39, 0.29) is 34.5 Å². The summed E-state index contributed by atoms with van der Waals surface area (Å²) in [4.78, 5) is 41.6. The molecule has 1 unspecified atom stereocenters. The Morgan fingerprint density at radius 2 is 1.76 bits per heavy atom. The number of aromatic nitrogens is 1. The maximum atomic E-state index is 12.1. The molecule has 8 nitrogen and oxygen atoms in total. The predicted molar refractivity (Wildman–Crippen MR) is 112 cm³/mol. The van der Waals surface area contributed by atoms with Crippen LogP contribution in [-0.4, -0.2) is 35.0 Å². The molecule has 1 aromatic heterocycles. The standard InChI is InChI=1S/C21H22N4O4/c1-4-13(12-8-6-5-7-9-12)23-15-16(20(28)19(15)27)24-14-10-11-22-17(18(14)26)21(29)25(2)3/h5-11,13,23,26H,4H2,1-3H3,(H,22,24). The van der Waals surface area contributed by atoms with Gasteiger partial charge in [0.1, 0.15) is 11.4 Å². The molecular weight excluding hydrogens is 372 g/mol. The Labute approximate surface area is 167 Å². The van der Waals surface area contributed by atoms with Crippen molar-refractivity contribution in [3.05, 3.63) is 74.3 Å². The van der Waals surface area contributed by atoms with Gasteiger partial charge in [0, 0.05) is 20.3 Å². The third-order valence-electron chi connectivity index (χ3n) is 4.63. The number of rotatable bonds is 7. The molecule has 0 aliphatic carbocycles. The van der Waals surface area contributed by atoms with E-state index in [1.165, 1.54) is 31.3 Å². The zero-order chi connectivity index (χ0) is 21.1. The van der Waals surface area contributed by atoms with Crippen molar-refractivity contribution >= 4 is 23.0 Å². The van der Waals surface area contributed by atoms with Crippen LogP contribution in [0.3, 0.4) is 0 Å². The monoisotopic (exact) mass is 394 g/mol. The molecule has 29 heavy (non-hydrogen) atoms. The van der Waals surface area contributed by atoms with Gasteiger partial charge in [0.15, 0.2) is 11.4 Å². The van der Waals surface area contributed by atoms with Gasteiger partial charge in [0.05, 0.1) is 11.7 Å². The number of aromatic hydroxyl groups is 1. The highest BCUT2D eigenvalue weighted by atomic mass is 16.3. The Hall–Kier alpha value is -3.68. The van der Waals surface area contributed by atoms with Gasteiger partial charge >= 0.3 is 0 Å². The number of hydrogen-bond donors (Lipinski definition) is 3. The molecule has 2 aromatic carbocycles. The first-order valence-electron chi connectivity index (χ1n) is 9.16. The Morgan fingerprint density at radius 3 is 2.38 bits per heavy atom. The number of nitrogens with one attached hydrogen (secondary N) is 2. The van der Waals surface area contributed by atoms with E-state index in [0.29, 0.717) is 6.42 Å². The van der Waals surface area contributed by atoms with Crippen LogP contribution in [0.1, 0.15) is 35.4 Å². The molecule has 8 heteroatoms. The van der Waals surface area contributed by atoms with Crippen LogP contribution in [0.25, 0.3) is 0 Å². The molecule has 1 atom stereocenters. The Morgan fingerprint density at radius 1 is 1.10 bits per heavy atom. The normalized spacial score (nSPS) is 11.8. The van der Waals surface area contributed by atoms with E-state index in [1.54, 1.807) is 0 Å². The smallest absolute Gasteiger partial charge is 0.275 e. The van der Waals surface area contributed by atoms with E-state index in [0.717, 1.165) is 5.56 Å². The first-order chi connectivity index (χ1) is 13.8. The second-order valence-corrected chi connectivity index (χ2v) is 6.80. The fourth-order valence-corrected chi connectivity index (χ4v) is 2.99. The molecule has 0 aliphatic rings. The number of benzene rings is 1. The van der Waals surface area contributed by atoms with Crippen LogP contribution in [0, 0.1) is 0 Å². The fraction of sp³-hybridized carbons (Fsp3) is 0.238. The lowest BCUT2D eigenvalue weighted by molar-refractivity contribution is 0.0819. The van der Waals surface area contributed by atoms with E-state index in [1.807, 2.05) is 37.3 Å². The van der Waals surface area contributed by atoms with Crippen molar-refractivity contribution in [3.8, 4) is 5.75 Å². The Balaban J connectivity index is 1.90. The number of carbonyl (C=O) groups is 1. The topological polar surface area (TPSA) is 112 Å². The van der Waals surface area contributed by atoms with Crippen molar-refractivity contribution < 1.29 is 9.90 Å². The lowest BCUT2D eigenvalue weighted by Gasteiger charge is -2.22. The summed E-state index contributed by atoms with van der Waals surface area (Å²) in [6, 6.07) is 10.9. The van der Waals surface area contributed by atoms with Gasteiger partial charge in [-0.25, -0.2) is 4.98 Å². The van der Waals surface area contributed by atoms with Gasteiger partial charge < -0.3 is 20.6 Å². The predicted octanol–water partition coefficient (Wildman–Crippen LogP) is 2.39. The average Bonchev–Trinajstić information content (AvgIpc) is 2.74. The molecule has 0 saturated carbocycles. The largest absolute Gasteiger partial charge is 0.504 e. The number of anilines is 3. The van der Waals surface area contributed by atoms with Crippen molar-refractivity contribution in [3.63, 3.8) is 0 Å². The zero-order valence-corrected chi connectivity index (χ0v) is 16.4. The van der Waals surface area contributed by atoms with Gasteiger partial charge in [-0.1, -0.05) is 37.3 Å². The molecule has 0 radical (unpaired) electrons. The first-order valence-corrected chi connectivity index (χ1v) is 9.16. The molecule has 0 saturated heterocycles. The maximum Gasteiger partial charge on any atom is 0.275 e. The van der Waals surface area contributed by atoms with Gasteiger partial charge in [-0.15, -0.1) is 0 Å². The van der Waals surface area contributed by atoms with E-state index in [9.17, 15) is 19.5 Å². The summed E-state index contributed by atoms with van der Waals surface area (Å²) < 4.78 is 0. The zero-order valence-electron chi connectivity index (χ0n) is 16.4. The summed E-state index contributed by atoms with van der Waals surface area (Å²) in [7, 11) is 3.08. The number of pyridine rings is 1. The summed E-state index contributed by atoms with van der Waals surface area (Å²) in [6.45, 7) is 1.97. The van der Waals surface area contributed by atoms with Crippen LogP contribution >= 0.6 is 0 Å². The molecule has 0 bridgehead atoms. The minimum absolute atomic E-state index is 0.0501. The number of nitrogens with zero attached hydrogens (tertiary/aromatic N) is 2. The van der Waals surface area contributed by atoms with Crippen molar-refractivity contribution in [1.29, 1.82) is 0 Å². The summed E-state index contributed by atoms with van der Waals surface area (Å²) in [5.41, 5.74) is -0.152. The summed E-state index contributed by atoms with van der Waals surface area (Å²) in [5, 5.41) is 16.3. The van der Waals surface area contributed by atoms with Crippen LogP contribution < -0.4 is 21.5 Å². The van der Waals surface area contributed by atoms with Gasteiger partial charge in [0.2, 0.25) is 0 Å². The summed E-state index contributed by atoms with van der Waals surface area (Å²) in [6.07, 6.45) is 2.04. The second kappa shape index (κ2) is 8.14. The summed E-state index contributed by atoms with van der Waals surface area (Å²) in [5.74, 6) is -0.870. The number of carbonyl (C=O) groups excluding carboxylic acids is 1. The fourth-order valence-electron chi connectivity index (χ4n) is 2.99. The van der Waals surface area contributed by atoms with Crippen molar-refractivity contribution in [2.45, 2.75) is 19.4 Å². The lowest BCUT2D eigenvalue weighted by atomic mass is 10.0. The Kier molecular flexibility index (Phi) is 5.63.